The molecule has 2 aliphatic rings. The third kappa shape index (κ3) is 5.52. The second-order valence-electron chi connectivity index (χ2n) is 9.11. The van der Waals surface area contributed by atoms with E-state index in [9.17, 15) is 4.39 Å². The van der Waals surface area contributed by atoms with Crippen molar-refractivity contribution in [2.75, 3.05) is 25.6 Å². The quantitative estimate of drug-likeness (QED) is 0.381. The van der Waals surface area contributed by atoms with Crippen molar-refractivity contribution in [3.63, 3.8) is 0 Å². The molecule has 2 atom stereocenters. The largest absolute Gasteiger partial charge is 0.393 e. The summed E-state index contributed by atoms with van der Waals surface area (Å²) < 4.78 is 25.6. The van der Waals surface area contributed by atoms with Gasteiger partial charge in [-0.15, -0.1) is 0 Å². The second-order valence-corrected chi connectivity index (χ2v) is 9.11. The molecule has 188 valence electrons. The van der Waals surface area contributed by atoms with Crippen molar-refractivity contribution in [1.29, 1.82) is 0 Å². The first kappa shape index (κ1) is 24.3. The molecule has 0 spiro atoms. The lowest BCUT2D eigenvalue weighted by atomic mass is 9.78. The zero-order valence-electron chi connectivity index (χ0n) is 20.3. The fourth-order valence-electron chi connectivity index (χ4n) is 4.96. The molecule has 5 rings (SSSR count). The van der Waals surface area contributed by atoms with Crippen LogP contribution < -0.4 is 5.73 Å². The van der Waals surface area contributed by atoms with Crippen molar-refractivity contribution in [2.45, 2.75) is 51.2 Å². The van der Waals surface area contributed by atoms with Crippen LogP contribution in [-0.2, 0) is 20.7 Å². The summed E-state index contributed by atoms with van der Waals surface area (Å²) in [4.78, 5) is 18.8. The Balaban J connectivity index is 1.40. The minimum absolute atomic E-state index is 0.00348. The maximum absolute atomic E-state index is 14.3. The maximum atomic E-state index is 14.3. The van der Waals surface area contributed by atoms with Crippen LogP contribution in [0.5, 0.6) is 0 Å². The minimum Gasteiger partial charge on any atom is -0.393 e. The molecule has 0 saturated carbocycles. The third-order valence-electron chi connectivity index (χ3n) is 6.57. The van der Waals surface area contributed by atoms with Crippen LogP contribution in [0, 0.1) is 12.7 Å². The fraction of sp³-hybridized carbons (Fsp3) is 0.407. The summed E-state index contributed by atoms with van der Waals surface area (Å²) in [7, 11) is 0. The number of hydrogen-bond acceptors (Lipinski definition) is 8. The number of benzene rings is 1. The van der Waals surface area contributed by atoms with E-state index in [0.29, 0.717) is 26.1 Å². The first-order valence-corrected chi connectivity index (χ1v) is 12.3. The number of hydrogen-bond donors (Lipinski definition) is 1. The molecular weight excluding hydrogens is 461 g/mol. The van der Waals surface area contributed by atoms with Gasteiger partial charge in [0.25, 0.3) is 0 Å². The van der Waals surface area contributed by atoms with Crippen LogP contribution in [0.2, 0.25) is 0 Å². The van der Waals surface area contributed by atoms with Gasteiger partial charge in [-0.2, -0.15) is 0 Å². The first-order valence-electron chi connectivity index (χ1n) is 12.3. The number of rotatable bonds is 7. The van der Waals surface area contributed by atoms with E-state index in [1.807, 2.05) is 25.1 Å². The number of halogens is 1. The van der Waals surface area contributed by atoms with Crippen LogP contribution >= 0.6 is 0 Å². The van der Waals surface area contributed by atoms with E-state index >= 15 is 0 Å². The lowest BCUT2D eigenvalue weighted by Crippen LogP contribution is -2.25. The molecule has 36 heavy (non-hydrogen) atoms. The molecule has 3 heterocycles. The van der Waals surface area contributed by atoms with Crippen LogP contribution in [0.1, 0.15) is 54.1 Å². The highest BCUT2D eigenvalue weighted by Crippen LogP contribution is 2.38. The Kier molecular flexibility index (Phi) is 7.48. The molecule has 0 radical (unpaired) electrons. The van der Waals surface area contributed by atoms with Crippen molar-refractivity contribution in [3.8, 4) is 11.1 Å². The van der Waals surface area contributed by atoms with E-state index in [2.05, 4.69) is 20.1 Å². The molecule has 2 unspecified atom stereocenters. The molecular formula is C27H30FN5O3. The van der Waals surface area contributed by atoms with Gasteiger partial charge in [0, 0.05) is 36.5 Å². The number of ether oxygens (including phenoxy) is 2. The summed E-state index contributed by atoms with van der Waals surface area (Å²) in [5, 5.41) is 4.48. The van der Waals surface area contributed by atoms with E-state index in [4.69, 9.17) is 20.0 Å². The van der Waals surface area contributed by atoms with Gasteiger partial charge in [-0.1, -0.05) is 17.3 Å². The molecule has 1 aliphatic carbocycles. The number of oxime groups is 1. The minimum atomic E-state index is -0.296. The van der Waals surface area contributed by atoms with E-state index in [-0.39, 0.29) is 24.0 Å². The van der Waals surface area contributed by atoms with Crippen molar-refractivity contribution in [2.24, 2.45) is 5.16 Å². The first-order chi connectivity index (χ1) is 17.6. The Morgan fingerprint density at radius 2 is 2.08 bits per heavy atom. The molecule has 2 N–H and O–H groups in total. The zero-order chi connectivity index (χ0) is 24.9. The Hall–Kier alpha value is -3.43. The second kappa shape index (κ2) is 11.1. The summed E-state index contributed by atoms with van der Waals surface area (Å²) >= 11 is 0. The van der Waals surface area contributed by atoms with Gasteiger partial charge in [0.2, 0.25) is 5.95 Å². The summed E-state index contributed by atoms with van der Waals surface area (Å²) in [5.74, 6) is -0.0775. The number of aryl methyl sites for hydroxylation is 1. The molecule has 1 saturated heterocycles. The number of nitrogen functional groups attached to an aromatic ring is 1. The van der Waals surface area contributed by atoms with E-state index in [0.717, 1.165) is 65.2 Å². The summed E-state index contributed by atoms with van der Waals surface area (Å²) in [6.45, 7) is 3.32. The van der Waals surface area contributed by atoms with Crippen LogP contribution in [0.3, 0.4) is 0 Å². The average Bonchev–Trinajstić information content (AvgIpc) is 2.89. The highest BCUT2D eigenvalue weighted by atomic mass is 19.1. The van der Waals surface area contributed by atoms with Crippen molar-refractivity contribution >= 4 is 11.7 Å². The molecule has 1 aromatic carbocycles. The predicted octanol–water partition coefficient (Wildman–Crippen LogP) is 4.56. The number of nitrogens with two attached hydrogens (primary N) is 1. The van der Waals surface area contributed by atoms with E-state index in [1.54, 1.807) is 18.5 Å². The van der Waals surface area contributed by atoms with E-state index in [1.165, 1.54) is 6.07 Å². The molecule has 0 amide bonds. The number of pyridine rings is 1. The molecule has 1 aliphatic heterocycles. The molecule has 8 nitrogen and oxygen atoms in total. The van der Waals surface area contributed by atoms with Crippen molar-refractivity contribution in [3.05, 3.63) is 71.1 Å². The van der Waals surface area contributed by atoms with Crippen LogP contribution in [0.15, 0.2) is 47.9 Å². The Bertz CT molecular complexity index is 1230. The number of nitrogens with zero attached hydrogens (tertiary/aromatic N) is 4. The zero-order valence-corrected chi connectivity index (χ0v) is 20.3. The van der Waals surface area contributed by atoms with Gasteiger partial charge >= 0.3 is 0 Å². The fourth-order valence-corrected chi connectivity index (χ4v) is 4.96. The lowest BCUT2D eigenvalue weighted by Gasteiger charge is -2.28. The lowest BCUT2D eigenvalue weighted by molar-refractivity contribution is -0.169. The predicted molar refractivity (Wildman–Crippen MR) is 134 cm³/mol. The average molecular weight is 492 g/mol. The number of anilines is 1. The van der Waals surface area contributed by atoms with Crippen molar-refractivity contribution < 1.29 is 18.7 Å². The molecule has 0 bridgehead atoms. The van der Waals surface area contributed by atoms with Gasteiger partial charge in [-0.25, -0.2) is 14.4 Å². The Morgan fingerprint density at radius 3 is 2.89 bits per heavy atom. The topological polar surface area (TPSA) is 105 Å². The summed E-state index contributed by atoms with van der Waals surface area (Å²) in [6, 6.07) is 8.65. The Morgan fingerprint density at radius 1 is 1.17 bits per heavy atom. The van der Waals surface area contributed by atoms with Crippen LogP contribution in [0.4, 0.5) is 10.3 Å². The van der Waals surface area contributed by atoms with Crippen LogP contribution in [-0.4, -0.2) is 46.8 Å². The summed E-state index contributed by atoms with van der Waals surface area (Å²) in [5.41, 5.74) is 11.8. The smallest absolute Gasteiger partial charge is 0.220 e. The number of aromatic nitrogens is 3. The van der Waals surface area contributed by atoms with Gasteiger partial charge in [-0.05, 0) is 67.9 Å². The monoisotopic (exact) mass is 491 g/mol. The SMILES string of the molecule is Cc1nc(N)nc2c1C(=NOCCOC1CCCCO1)CC(c1ccc(F)cc1-c1cccnc1)C2. The molecule has 1 fully saturated rings. The maximum Gasteiger partial charge on any atom is 0.220 e. The van der Waals surface area contributed by atoms with Gasteiger partial charge in [0.15, 0.2) is 6.29 Å². The third-order valence-corrected chi connectivity index (χ3v) is 6.57. The van der Waals surface area contributed by atoms with Gasteiger partial charge < -0.3 is 20.0 Å². The van der Waals surface area contributed by atoms with E-state index < -0.39 is 0 Å². The molecule has 3 aromatic rings. The van der Waals surface area contributed by atoms with Crippen molar-refractivity contribution in [1.82, 2.24) is 15.0 Å². The van der Waals surface area contributed by atoms with Gasteiger partial charge in [0.1, 0.15) is 12.4 Å². The summed E-state index contributed by atoms with van der Waals surface area (Å²) in [6.07, 6.45) is 7.58. The molecule has 9 heteroatoms. The van der Waals surface area contributed by atoms with Crippen LogP contribution in [0.25, 0.3) is 11.1 Å². The standard InChI is InChI=1S/C27H30FN5O3/c1-17-26-23(32-27(29)31-17)13-19(14-24(26)33-36-12-11-35-25-6-2-3-10-34-25)21-8-7-20(28)15-22(21)18-5-4-9-30-16-18/h4-5,7-9,15-16,19,25H,2-3,6,10-14H2,1H3,(H2,29,31,32). The normalized spacial score (nSPS) is 20.8. The Labute approximate surface area is 209 Å². The highest BCUT2D eigenvalue weighted by Gasteiger charge is 2.30. The number of fused-ring (bicyclic) bond motifs is 1. The van der Waals surface area contributed by atoms with Gasteiger partial charge in [0.05, 0.1) is 23.7 Å². The highest BCUT2D eigenvalue weighted by molar-refractivity contribution is 6.03. The molecule has 2 aromatic heterocycles. The van der Waals surface area contributed by atoms with Gasteiger partial charge in [-0.3, -0.25) is 4.98 Å².